The zero-order chi connectivity index (χ0) is 10.8. The molecule has 0 unspecified atom stereocenters. The van der Waals surface area contributed by atoms with Gasteiger partial charge in [0.15, 0.2) is 0 Å². The van der Waals surface area contributed by atoms with E-state index in [1.165, 1.54) is 6.08 Å². The first-order valence-corrected chi connectivity index (χ1v) is 4.69. The van der Waals surface area contributed by atoms with E-state index in [4.69, 9.17) is 27.9 Å². The molecule has 1 aromatic rings. The normalized spacial score (nSPS) is 7.93. The van der Waals surface area contributed by atoms with Crippen LogP contribution in [0.3, 0.4) is 0 Å². The SMILES string of the molecule is COc1ccc(N=C=O)cc1.ClCCl. The molecule has 0 radical (unpaired) electrons. The van der Waals surface area contributed by atoms with Gasteiger partial charge in [-0.3, -0.25) is 0 Å². The summed E-state index contributed by atoms with van der Waals surface area (Å²) in [6.07, 6.45) is 1.46. The van der Waals surface area contributed by atoms with E-state index in [9.17, 15) is 4.79 Å². The first-order chi connectivity index (χ1) is 6.78. The van der Waals surface area contributed by atoms with Gasteiger partial charge in [-0.05, 0) is 24.3 Å². The summed E-state index contributed by atoms with van der Waals surface area (Å²) in [5.41, 5.74) is 0.584. The van der Waals surface area contributed by atoms with Crippen molar-refractivity contribution in [1.82, 2.24) is 0 Å². The Bertz CT molecular complexity index is 294. The summed E-state index contributed by atoms with van der Waals surface area (Å²) >= 11 is 9.53. The van der Waals surface area contributed by atoms with Crippen LogP contribution in [0.5, 0.6) is 5.75 Å². The van der Waals surface area contributed by atoms with Gasteiger partial charge >= 0.3 is 0 Å². The molecule has 0 atom stereocenters. The minimum Gasteiger partial charge on any atom is -0.497 e. The maximum Gasteiger partial charge on any atom is 0.240 e. The number of alkyl halides is 2. The molecule has 0 saturated heterocycles. The summed E-state index contributed by atoms with van der Waals surface area (Å²) in [6.45, 7) is 0. The second-order valence-electron chi connectivity index (χ2n) is 2.00. The molecule has 5 heteroatoms. The largest absolute Gasteiger partial charge is 0.497 e. The molecule has 76 valence electrons. The summed E-state index contributed by atoms with van der Waals surface area (Å²) < 4.78 is 4.91. The maximum absolute atomic E-state index is 9.81. The van der Waals surface area contributed by atoms with Crippen LogP contribution in [0.4, 0.5) is 5.69 Å². The first-order valence-electron chi connectivity index (χ1n) is 3.62. The molecule has 0 fully saturated rings. The van der Waals surface area contributed by atoms with Gasteiger partial charge in [-0.1, -0.05) is 0 Å². The fourth-order valence-electron chi connectivity index (χ4n) is 0.709. The quantitative estimate of drug-likeness (QED) is 0.448. The Labute approximate surface area is 92.3 Å². The highest BCUT2D eigenvalue weighted by atomic mass is 35.5. The first kappa shape index (κ1) is 13.0. The van der Waals surface area contributed by atoms with E-state index in [-0.39, 0.29) is 5.34 Å². The highest BCUT2D eigenvalue weighted by Crippen LogP contribution is 2.16. The topological polar surface area (TPSA) is 38.7 Å². The van der Waals surface area contributed by atoms with Crippen molar-refractivity contribution in [2.45, 2.75) is 0 Å². The van der Waals surface area contributed by atoms with Crippen LogP contribution in [-0.2, 0) is 4.79 Å². The van der Waals surface area contributed by atoms with Crippen molar-refractivity contribution in [3.05, 3.63) is 24.3 Å². The van der Waals surface area contributed by atoms with Crippen molar-refractivity contribution in [3.63, 3.8) is 0 Å². The Balaban J connectivity index is 0.000000500. The van der Waals surface area contributed by atoms with Crippen LogP contribution in [0.15, 0.2) is 29.3 Å². The lowest BCUT2D eigenvalue weighted by Crippen LogP contribution is -1.79. The van der Waals surface area contributed by atoms with Crippen LogP contribution < -0.4 is 4.74 Å². The number of methoxy groups -OCH3 is 1. The average molecular weight is 234 g/mol. The zero-order valence-electron chi connectivity index (χ0n) is 7.54. The number of nitrogens with zero attached hydrogens (tertiary/aromatic N) is 1. The number of isocyanates is 1. The van der Waals surface area contributed by atoms with Crippen molar-refractivity contribution in [2.24, 2.45) is 4.99 Å². The van der Waals surface area contributed by atoms with Crippen LogP contribution in [0.2, 0.25) is 0 Å². The number of rotatable bonds is 2. The smallest absolute Gasteiger partial charge is 0.240 e. The van der Waals surface area contributed by atoms with Crippen LogP contribution in [0.25, 0.3) is 0 Å². The Morgan fingerprint density at radius 1 is 1.36 bits per heavy atom. The van der Waals surface area contributed by atoms with E-state index in [1.807, 2.05) is 0 Å². The lowest BCUT2D eigenvalue weighted by molar-refractivity contribution is 0.415. The molecule has 0 spiro atoms. The molecule has 0 N–H and O–H groups in total. The van der Waals surface area contributed by atoms with Crippen molar-refractivity contribution in [1.29, 1.82) is 0 Å². The Hall–Kier alpha value is -1.02. The predicted octanol–water partition coefficient (Wildman–Crippen LogP) is 3.08. The van der Waals surface area contributed by atoms with Gasteiger partial charge in [-0.2, -0.15) is 4.99 Å². The molecule has 0 heterocycles. The molecule has 0 amide bonds. The molecule has 0 bridgehead atoms. The van der Waals surface area contributed by atoms with E-state index in [2.05, 4.69) is 4.99 Å². The highest BCUT2D eigenvalue weighted by Gasteiger charge is 1.89. The summed E-state index contributed by atoms with van der Waals surface area (Å²) in [5, 5.41) is 0.194. The summed E-state index contributed by atoms with van der Waals surface area (Å²) in [4.78, 5) is 13.2. The predicted molar refractivity (Wildman–Crippen MR) is 57.3 cm³/mol. The van der Waals surface area contributed by atoms with Crippen LogP contribution in [0.1, 0.15) is 0 Å². The van der Waals surface area contributed by atoms with Gasteiger partial charge in [0.05, 0.1) is 18.1 Å². The number of ether oxygens (including phenoxy) is 1. The number of carbonyl (C=O) groups excluding carboxylic acids is 1. The average Bonchev–Trinajstić information content (AvgIpc) is 2.21. The molecular weight excluding hydrogens is 225 g/mol. The number of halogens is 2. The molecule has 0 aliphatic carbocycles. The summed E-state index contributed by atoms with van der Waals surface area (Å²) in [7, 11) is 1.58. The van der Waals surface area contributed by atoms with E-state index in [0.29, 0.717) is 5.69 Å². The maximum atomic E-state index is 9.81. The van der Waals surface area contributed by atoms with Gasteiger partial charge < -0.3 is 4.74 Å². The Morgan fingerprint density at radius 3 is 2.21 bits per heavy atom. The number of hydrogen-bond donors (Lipinski definition) is 0. The van der Waals surface area contributed by atoms with Gasteiger partial charge in [-0.15, -0.1) is 23.2 Å². The molecule has 3 nitrogen and oxygen atoms in total. The van der Waals surface area contributed by atoms with Crippen molar-refractivity contribution in [3.8, 4) is 5.75 Å². The fraction of sp³-hybridized carbons (Fsp3) is 0.222. The van der Waals surface area contributed by atoms with E-state index in [0.717, 1.165) is 5.75 Å². The summed E-state index contributed by atoms with van der Waals surface area (Å²) in [5.74, 6) is 0.745. The second-order valence-corrected chi connectivity index (χ2v) is 2.81. The third-order valence-electron chi connectivity index (χ3n) is 1.25. The Kier molecular flexibility index (Phi) is 7.95. The van der Waals surface area contributed by atoms with Crippen molar-refractivity contribution >= 4 is 35.0 Å². The summed E-state index contributed by atoms with van der Waals surface area (Å²) in [6, 6.07) is 6.83. The molecule has 14 heavy (non-hydrogen) atoms. The highest BCUT2D eigenvalue weighted by molar-refractivity contribution is 6.40. The molecular formula is C9H9Cl2NO2. The third-order valence-corrected chi connectivity index (χ3v) is 1.25. The number of hydrogen-bond acceptors (Lipinski definition) is 3. The van der Waals surface area contributed by atoms with Crippen LogP contribution in [0, 0.1) is 0 Å². The Morgan fingerprint density at radius 2 is 1.86 bits per heavy atom. The lowest BCUT2D eigenvalue weighted by atomic mass is 10.3. The molecule has 1 rings (SSSR count). The van der Waals surface area contributed by atoms with Crippen LogP contribution >= 0.6 is 23.2 Å². The minimum absolute atomic E-state index is 0.194. The van der Waals surface area contributed by atoms with E-state index < -0.39 is 0 Å². The van der Waals surface area contributed by atoms with Gasteiger partial charge in [0.1, 0.15) is 5.75 Å². The molecule has 0 aliphatic rings. The molecule has 1 aromatic carbocycles. The van der Waals surface area contributed by atoms with Gasteiger partial charge in [0.25, 0.3) is 0 Å². The van der Waals surface area contributed by atoms with Gasteiger partial charge in [-0.25, -0.2) is 4.79 Å². The standard InChI is InChI=1S/C8H7NO2.CH2Cl2/c1-11-8-4-2-7(3-5-8)9-6-10;2-1-3/h2-5H,1H3;1H2. The van der Waals surface area contributed by atoms with E-state index in [1.54, 1.807) is 31.4 Å². The van der Waals surface area contributed by atoms with Crippen LogP contribution in [-0.4, -0.2) is 18.5 Å². The van der Waals surface area contributed by atoms with Gasteiger partial charge in [0, 0.05) is 0 Å². The number of aliphatic imine (C=N–C) groups is 1. The zero-order valence-corrected chi connectivity index (χ0v) is 9.05. The van der Waals surface area contributed by atoms with Gasteiger partial charge in [0.2, 0.25) is 6.08 Å². The third kappa shape index (κ3) is 5.60. The minimum atomic E-state index is 0.194. The van der Waals surface area contributed by atoms with Crippen molar-refractivity contribution < 1.29 is 9.53 Å². The monoisotopic (exact) mass is 233 g/mol. The van der Waals surface area contributed by atoms with Crippen molar-refractivity contribution in [2.75, 3.05) is 12.4 Å². The fourth-order valence-corrected chi connectivity index (χ4v) is 0.709. The number of benzene rings is 1. The molecule has 0 aromatic heterocycles. The lowest BCUT2D eigenvalue weighted by Gasteiger charge is -1.96. The van der Waals surface area contributed by atoms with E-state index >= 15 is 0 Å². The molecule has 0 aliphatic heterocycles. The second kappa shape index (κ2) is 8.57. The molecule has 0 saturated carbocycles.